The van der Waals surface area contributed by atoms with Crippen LogP contribution in [0.4, 0.5) is 0 Å². The Morgan fingerprint density at radius 3 is 2.44 bits per heavy atom. The number of piperidine rings is 1. The Balaban J connectivity index is 1.88. The zero-order chi connectivity index (χ0) is 11.4. The summed E-state index contributed by atoms with van der Waals surface area (Å²) in [5.74, 6) is 0. The number of nitrogens with one attached hydrogen (secondary N) is 1. The molecule has 2 rings (SSSR count). The van der Waals surface area contributed by atoms with Crippen molar-refractivity contribution in [3.63, 3.8) is 0 Å². The van der Waals surface area contributed by atoms with E-state index in [2.05, 4.69) is 43.4 Å². The molecule has 0 bridgehead atoms. The van der Waals surface area contributed by atoms with Crippen molar-refractivity contribution in [2.45, 2.75) is 38.9 Å². The van der Waals surface area contributed by atoms with Crippen LogP contribution in [-0.2, 0) is 11.3 Å². The minimum Gasteiger partial charge on any atom is -0.371 e. The van der Waals surface area contributed by atoms with Gasteiger partial charge >= 0.3 is 0 Å². The molecule has 1 fully saturated rings. The normalized spacial score (nSPS) is 19.6. The van der Waals surface area contributed by atoms with Crippen LogP contribution in [0.3, 0.4) is 0 Å². The summed E-state index contributed by atoms with van der Waals surface area (Å²) in [5, 5.41) is 3.37. The molecule has 0 spiro atoms. The topological polar surface area (TPSA) is 21.3 Å². The van der Waals surface area contributed by atoms with Gasteiger partial charge in [-0.1, -0.05) is 29.8 Å². The van der Waals surface area contributed by atoms with E-state index in [1.54, 1.807) is 0 Å². The van der Waals surface area contributed by atoms with Gasteiger partial charge in [0.05, 0.1) is 12.2 Å². The van der Waals surface area contributed by atoms with E-state index in [9.17, 15) is 0 Å². The van der Waals surface area contributed by atoms with E-state index in [0.717, 1.165) is 32.5 Å². The van der Waals surface area contributed by atoms with Gasteiger partial charge in [-0.15, -0.1) is 0 Å². The Bertz CT molecular complexity index is 325. The third kappa shape index (κ3) is 3.06. The first-order chi connectivity index (χ1) is 7.68. The van der Waals surface area contributed by atoms with Crippen LogP contribution in [-0.4, -0.2) is 18.7 Å². The van der Waals surface area contributed by atoms with E-state index in [1.165, 1.54) is 11.1 Å². The summed E-state index contributed by atoms with van der Waals surface area (Å²) in [4.78, 5) is 0. The van der Waals surface area contributed by atoms with Crippen molar-refractivity contribution in [1.29, 1.82) is 0 Å². The molecule has 0 radical (unpaired) electrons. The summed E-state index contributed by atoms with van der Waals surface area (Å²) in [7, 11) is 0. The van der Waals surface area contributed by atoms with Crippen molar-refractivity contribution in [3.05, 3.63) is 35.4 Å². The predicted octanol–water partition coefficient (Wildman–Crippen LogP) is 2.65. The van der Waals surface area contributed by atoms with E-state index in [0.29, 0.717) is 0 Å². The smallest absolute Gasteiger partial charge is 0.0724 e. The fraction of sp³-hybridized carbons (Fsp3) is 0.571. The Hall–Kier alpha value is -0.860. The molecular formula is C14H21NO. The highest BCUT2D eigenvalue weighted by molar-refractivity contribution is 5.20. The maximum atomic E-state index is 6.06. The largest absolute Gasteiger partial charge is 0.371 e. The number of rotatable bonds is 3. The quantitative estimate of drug-likeness (QED) is 0.844. The van der Waals surface area contributed by atoms with Gasteiger partial charge in [0.1, 0.15) is 0 Å². The number of ether oxygens (including phenoxy) is 1. The molecule has 1 heterocycles. The van der Waals surface area contributed by atoms with E-state index in [1.807, 2.05) is 0 Å². The van der Waals surface area contributed by atoms with Gasteiger partial charge in [0.25, 0.3) is 0 Å². The minimum absolute atomic E-state index is 0.0656. The summed E-state index contributed by atoms with van der Waals surface area (Å²) in [6.45, 7) is 7.21. The summed E-state index contributed by atoms with van der Waals surface area (Å²) in [5.41, 5.74) is 2.64. The third-order valence-corrected chi connectivity index (χ3v) is 3.37. The van der Waals surface area contributed by atoms with Crippen LogP contribution in [0.25, 0.3) is 0 Å². The van der Waals surface area contributed by atoms with E-state index in [-0.39, 0.29) is 5.60 Å². The summed E-state index contributed by atoms with van der Waals surface area (Å²) < 4.78 is 6.06. The summed E-state index contributed by atoms with van der Waals surface area (Å²) >= 11 is 0. The number of aryl methyl sites for hydroxylation is 1. The molecule has 16 heavy (non-hydrogen) atoms. The first kappa shape index (κ1) is 11.6. The first-order valence-corrected chi connectivity index (χ1v) is 6.08. The van der Waals surface area contributed by atoms with Gasteiger partial charge in [-0.05, 0) is 45.3 Å². The minimum atomic E-state index is 0.0656. The molecule has 1 aliphatic rings. The Labute approximate surface area is 98.0 Å². The predicted molar refractivity (Wildman–Crippen MR) is 66.5 cm³/mol. The van der Waals surface area contributed by atoms with Crippen molar-refractivity contribution in [2.75, 3.05) is 13.1 Å². The second-order valence-electron chi connectivity index (χ2n) is 4.97. The maximum Gasteiger partial charge on any atom is 0.0724 e. The molecule has 1 aromatic rings. The van der Waals surface area contributed by atoms with Crippen LogP contribution >= 0.6 is 0 Å². The zero-order valence-electron chi connectivity index (χ0n) is 10.3. The number of hydrogen-bond acceptors (Lipinski definition) is 2. The molecule has 1 N–H and O–H groups in total. The molecule has 2 nitrogen and oxygen atoms in total. The Morgan fingerprint density at radius 2 is 1.81 bits per heavy atom. The highest BCUT2D eigenvalue weighted by Crippen LogP contribution is 2.23. The van der Waals surface area contributed by atoms with Crippen LogP contribution in [0.2, 0.25) is 0 Å². The van der Waals surface area contributed by atoms with Crippen LogP contribution in [0.15, 0.2) is 24.3 Å². The van der Waals surface area contributed by atoms with Crippen LogP contribution < -0.4 is 5.32 Å². The van der Waals surface area contributed by atoms with E-state index in [4.69, 9.17) is 4.74 Å². The van der Waals surface area contributed by atoms with Gasteiger partial charge in [-0.2, -0.15) is 0 Å². The molecule has 2 heteroatoms. The zero-order valence-corrected chi connectivity index (χ0v) is 10.3. The summed E-state index contributed by atoms with van der Waals surface area (Å²) in [6.07, 6.45) is 2.22. The van der Waals surface area contributed by atoms with Crippen LogP contribution in [0.1, 0.15) is 30.9 Å². The monoisotopic (exact) mass is 219 g/mol. The van der Waals surface area contributed by atoms with Gasteiger partial charge in [0.15, 0.2) is 0 Å². The second-order valence-corrected chi connectivity index (χ2v) is 4.97. The highest BCUT2D eigenvalue weighted by Gasteiger charge is 2.27. The van der Waals surface area contributed by atoms with Crippen molar-refractivity contribution in [1.82, 2.24) is 5.32 Å². The van der Waals surface area contributed by atoms with Gasteiger partial charge in [-0.25, -0.2) is 0 Å². The molecule has 0 amide bonds. The van der Waals surface area contributed by atoms with Gasteiger partial charge in [-0.3, -0.25) is 0 Å². The lowest BCUT2D eigenvalue weighted by molar-refractivity contribution is -0.0621. The van der Waals surface area contributed by atoms with Gasteiger partial charge < -0.3 is 10.1 Å². The van der Waals surface area contributed by atoms with Crippen molar-refractivity contribution in [3.8, 4) is 0 Å². The molecule has 88 valence electrons. The number of benzene rings is 1. The highest BCUT2D eigenvalue weighted by atomic mass is 16.5. The average Bonchev–Trinajstić information content (AvgIpc) is 2.29. The first-order valence-electron chi connectivity index (χ1n) is 6.08. The lowest BCUT2D eigenvalue weighted by Crippen LogP contribution is -2.41. The Kier molecular flexibility index (Phi) is 3.62. The molecule has 0 saturated carbocycles. The Morgan fingerprint density at radius 1 is 1.19 bits per heavy atom. The second kappa shape index (κ2) is 4.98. The van der Waals surface area contributed by atoms with Crippen molar-refractivity contribution in [2.24, 2.45) is 0 Å². The lowest BCUT2D eigenvalue weighted by atomic mass is 9.94. The molecule has 0 aromatic heterocycles. The van der Waals surface area contributed by atoms with E-state index < -0.39 is 0 Å². The van der Waals surface area contributed by atoms with Crippen LogP contribution in [0, 0.1) is 6.92 Å². The van der Waals surface area contributed by atoms with Gasteiger partial charge in [0, 0.05) is 0 Å². The molecule has 1 aliphatic heterocycles. The SMILES string of the molecule is Cc1ccc(COC2(C)CCNCC2)cc1. The van der Waals surface area contributed by atoms with Crippen molar-refractivity contribution < 1.29 is 4.74 Å². The average molecular weight is 219 g/mol. The van der Waals surface area contributed by atoms with Gasteiger partial charge in [0.2, 0.25) is 0 Å². The molecular weight excluding hydrogens is 198 g/mol. The van der Waals surface area contributed by atoms with Crippen molar-refractivity contribution >= 4 is 0 Å². The van der Waals surface area contributed by atoms with E-state index >= 15 is 0 Å². The molecule has 1 saturated heterocycles. The maximum absolute atomic E-state index is 6.06. The molecule has 0 unspecified atom stereocenters. The third-order valence-electron chi connectivity index (χ3n) is 3.37. The molecule has 0 aliphatic carbocycles. The fourth-order valence-electron chi connectivity index (χ4n) is 2.04. The fourth-order valence-corrected chi connectivity index (χ4v) is 2.04. The number of hydrogen-bond donors (Lipinski definition) is 1. The lowest BCUT2D eigenvalue weighted by Gasteiger charge is -2.34. The molecule has 1 aromatic carbocycles. The molecule has 0 atom stereocenters. The standard InChI is InChI=1S/C14H21NO/c1-12-3-5-13(6-4-12)11-16-14(2)7-9-15-10-8-14/h3-6,15H,7-11H2,1-2H3. The van der Waals surface area contributed by atoms with Crippen LogP contribution in [0.5, 0.6) is 0 Å². The summed E-state index contributed by atoms with van der Waals surface area (Å²) in [6, 6.07) is 8.59.